The summed E-state index contributed by atoms with van der Waals surface area (Å²) in [7, 11) is 4.12. The lowest BCUT2D eigenvalue weighted by molar-refractivity contribution is -0.157. The van der Waals surface area contributed by atoms with Crippen LogP contribution in [-0.2, 0) is 94.4 Å². The number of halogens is 3. The topological polar surface area (TPSA) is 362 Å². The van der Waals surface area contributed by atoms with Gasteiger partial charge in [-0.2, -0.15) is 0 Å². The van der Waals surface area contributed by atoms with Gasteiger partial charge in [-0.3, -0.25) is 62.3 Å². The van der Waals surface area contributed by atoms with Gasteiger partial charge in [-0.05, 0) is 116 Å². The number of nitrogens with zero attached hydrogens (tertiary/aromatic N) is 6. The van der Waals surface area contributed by atoms with Gasteiger partial charge in [0.25, 0.3) is 0 Å². The van der Waals surface area contributed by atoms with Gasteiger partial charge in [-0.15, -0.1) is 11.8 Å². The number of para-hydroxylation sites is 1. The van der Waals surface area contributed by atoms with Crippen molar-refractivity contribution in [2.45, 2.75) is 184 Å². The van der Waals surface area contributed by atoms with Gasteiger partial charge in [0.2, 0.25) is 76.8 Å². The second-order valence-electron chi connectivity index (χ2n) is 30.9. The van der Waals surface area contributed by atoms with Gasteiger partial charge in [0.15, 0.2) is 17.5 Å². The molecule has 4 aliphatic rings. The Labute approximate surface area is 682 Å². The van der Waals surface area contributed by atoms with Crippen molar-refractivity contribution < 1.29 is 80.6 Å². The third-order valence-electron chi connectivity index (χ3n) is 22.2. The van der Waals surface area contributed by atoms with Gasteiger partial charge >= 0.3 is 0 Å². The predicted octanol–water partition coefficient (Wildman–Crippen LogP) is 4.53. The van der Waals surface area contributed by atoms with E-state index in [1.807, 2.05) is 25.1 Å². The Hall–Kier alpha value is -11.3. The average Bonchev–Trinajstić information content (AvgIpc) is 1.78. The number of thioether (sulfide) groups is 1. The summed E-state index contributed by atoms with van der Waals surface area (Å²) < 4.78 is 44.5. The van der Waals surface area contributed by atoms with E-state index in [9.17, 15) is 56.6 Å². The Morgan fingerprint density at radius 1 is 0.487 bits per heavy atom. The standard InChI is InChI=1S/C85H105F3N14O14S/c1-8-9-27-67-83(114)101-36-20-29-68(101)84(115)102-37-34-66(102)80(111)96-75(50(2)3)85(116)98(6)69(42-52-21-12-10-13-22-52)78(109)91-47-73(106)100-35-19-18-28-65(100)79(110)95-63(44-56-45-89-61-26-17-16-25-58(56)61)77(108)94-62(40-54-30-32-57(103)33-31-54)76(107)90-46-71(104)92-51(4)48-117-49-72(105)93-64(41-55-38-59(86)74(88)60(87)39-55)81(112)99(7)70(82(113)97(67)5)43-53-23-14-11-15-24-53/h10-17,21-26,30-33,38-39,45,50-51,62-70,75,89,103H,8-9,18-20,27-29,34-37,40-44,46-49H2,1-7H3,(H,90,107)(H,91,109)(H,92,104)(H,93,105)(H,94,108)(H,95,110)(H,96,111)/t51-,62+,63+,64+,65-,66+,67+,68-,69+,70+,75+/m1/s1. The minimum Gasteiger partial charge on any atom is -0.508 e. The van der Waals surface area contributed by atoms with Crippen LogP contribution < -0.4 is 37.2 Å². The Morgan fingerprint density at radius 3 is 1.71 bits per heavy atom. The molecule has 0 unspecified atom stereocenters. The molecule has 28 nitrogen and oxygen atoms in total. The van der Waals surface area contributed by atoms with Gasteiger partial charge in [0.1, 0.15) is 66.2 Å². The lowest BCUT2D eigenvalue weighted by atomic mass is 9.96. The molecule has 1 aromatic heterocycles. The van der Waals surface area contributed by atoms with Crippen LogP contribution in [0.4, 0.5) is 13.2 Å². The zero-order chi connectivity index (χ0) is 84.3. The van der Waals surface area contributed by atoms with Crippen LogP contribution in [0.2, 0.25) is 0 Å². The Balaban J connectivity index is 0.959. The van der Waals surface area contributed by atoms with Crippen molar-refractivity contribution in [3.05, 3.63) is 173 Å². The van der Waals surface area contributed by atoms with Crippen molar-refractivity contribution in [3.63, 3.8) is 0 Å². The van der Waals surface area contributed by atoms with Crippen LogP contribution in [0, 0.1) is 23.4 Å². The third-order valence-corrected chi connectivity index (χ3v) is 23.4. The summed E-state index contributed by atoms with van der Waals surface area (Å²) in [6, 6.07) is 18.1. The quantitative estimate of drug-likeness (QED) is 0.0677. The van der Waals surface area contributed by atoms with E-state index in [0.717, 1.165) is 27.6 Å². The number of aromatic nitrogens is 1. The number of aromatic hydroxyl groups is 1. The monoisotopic (exact) mass is 1630 g/mol. The summed E-state index contributed by atoms with van der Waals surface area (Å²) in [6.07, 6.45) is 3.57. The summed E-state index contributed by atoms with van der Waals surface area (Å²) >= 11 is 1.01. The number of unbranched alkanes of at least 4 members (excludes halogenated alkanes) is 1. The number of H-pyrrole nitrogens is 1. The lowest BCUT2D eigenvalue weighted by Gasteiger charge is -2.43. The molecule has 0 saturated carbocycles. The number of phenolic OH excluding ortho intramolecular Hbond substituents is 1. The first-order valence-electron chi connectivity index (χ1n) is 39.9. The van der Waals surface area contributed by atoms with Gasteiger partial charge in [-0.1, -0.05) is 125 Å². The molecule has 0 radical (unpaired) electrons. The van der Waals surface area contributed by atoms with Crippen molar-refractivity contribution in [2.75, 3.05) is 65.4 Å². The van der Waals surface area contributed by atoms with Gasteiger partial charge < -0.3 is 76.7 Å². The van der Waals surface area contributed by atoms with Crippen molar-refractivity contribution >= 4 is 99.5 Å². The minimum absolute atomic E-state index is 0.0484. The predicted molar refractivity (Wildman–Crippen MR) is 431 cm³/mol. The number of fused-ring (bicyclic) bond motifs is 4. The normalized spacial score (nSPS) is 24.6. The number of amides is 13. The number of hydrogen-bond acceptors (Lipinski definition) is 15. The molecular weight excluding hydrogens is 1530 g/mol. The number of rotatable bonds is 14. The number of carbonyl (C=O) groups excluding carboxylic acids is 13. The zero-order valence-corrected chi connectivity index (χ0v) is 67.7. The summed E-state index contributed by atoms with van der Waals surface area (Å²) in [4.78, 5) is 203. The zero-order valence-electron chi connectivity index (χ0n) is 66.9. The maximum atomic E-state index is 15.5. The highest BCUT2D eigenvalue weighted by molar-refractivity contribution is 8.00. The fraction of sp³-hybridized carbons (Fsp3) is 0.471. The highest BCUT2D eigenvalue weighted by Crippen LogP contribution is 2.30. The van der Waals surface area contributed by atoms with Crippen molar-refractivity contribution in [2.24, 2.45) is 5.92 Å². The van der Waals surface area contributed by atoms with Crippen LogP contribution in [0.15, 0.2) is 128 Å². The van der Waals surface area contributed by atoms with Crippen LogP contribution in [0.1, 0.15) is 113 Å². The van der Waals surface area contributed by atoms with E-state index in [0.29, 0.717) is 66.5 Å². The summed E-state index contributed by atoms with van der Waals surface area (Å²) in [5.74, 6) is -15.3. The molecule has 4 saturated heterocycles. The lowest BCUT2D eigenvalue weighted by Crippen LogP contribution is -2.65. The van der Waals surface area contributed by atoms with Crippen LogP contribution >= 0.6 is 11.8 Å². The molecule has 9 N–H and O–H groups in total. The minimum atomic E-state index is -1.78. The number of likely N-dealkylation sites (N-methyl/N-ethyl adjacent to an activating group) is 3. The maximum absolute atomic E-state index is 15.5. The van der Waals surface area contributed by atoms with E-state index in [1.54, 1.807) is 93.7 Å². The molecule has 11 atom stereocenters. The molecule has 32 heteroatoms. The van der Waals surface area contributed by atoms with E-state index in [4.69, 9.17) is 0 Å². The van der Waals surface area contributed by atoms with E-state index >= 15 is 24.0 Å². The maximum Gasteiger partial charge on any atom is 0.246 e. The van der Waals surface area contributed by atoms with Crippen LogP contribution in [0.3, 0.4) is 0 Å². The molecule has 626 valence electrons. The molecular formula is C85H105F3N14O14S. The molecule has 10 rings (SSSR count). The molecule has 4 aliphatic heterocycles. The van der Waals surface area contributed by atoms with Crippen LogP contribution in [0.5, 0.6) is 5.75 Å². The highest BCUT2D eigenvalue weighted by atomic mass is 32.2. The molecule has 6 aromatic rings. The Kier molecular flexibility index (Phi) is 30.9. The smallest absolute Gasteiger partial charge is 0.246 e. The fourth-order valence-electron chi connectivity index (χ4n) is 15.5. The molecule has 0 aliphatic carbocycles. The van der Waals surface area contributed by atoms with Crippen molar-refractivity contribution in [3.8, 4) is 5.75 Å². The number of aromatic amines is 1. The summed E-state index contributed by atoms with van der Waals surface area (Å²) in [5.41, 5.74) is 2.78. The Bertz CT molecular complexity index is 4560. The van der Waals surface area contributed by atoms with Gasteiger partial charge in [-0.25, -0.2) is 13.2 Å². The van der Waals surface area contributed by atoms with E-state index in [1.165, 1.54) is 69.9 Å². The van der Waals surface area contributed by atoms with E-state index in [-0.39, 0.29) is 93.8 Å². The number of nitrogens with one attached hydrogen (secondary N) is 8. The number of benzene rings is 5. The number of piperidine rings is 1. The molecule has 4 fully saturated rings. The molecule has 5 aromatic carbocycles. The number of phenols is 1. The second-order valence-corrected chi connectivity index (χ2v) is 32.0. The molecule has 117 heavy (non-hydrogen) atoms. The molecule has 0 bridgehead atoms. The second kappa shape index (κ2) is 41.0. The third kappa shape index (κ3) is 22.7. The average molecular weight is 1640 g/mol. The van der Waals surface area contributed by atoms with E-state index in [2.05, 4.69) is 42.2 Å². The van der Waals surface area contributed by atoms with Gasteiger partial charge in [0, 0.05) is 102 Å². The first kappa shape index (κ1) is 88.1. The van der Waals surface area contributed by atoms with Crippen LogP contribution in [-0.4, -0.2) is 248 Å². The first-order chi connectivity index (χ1) is 56.0. The molecule has 0 spiro atoms. The van der Waals surface area contributed by atoms with E-state index < -0.39 is 186 Å². The SMILES string of the molecule is CCCC[C@H]1C(=O)N2CCC[C@@H]2C(=O)N2CC[C@H]2C(=O)N[C@@H](C(C)C)C(=O)N(C)[C@@H](Cc2ccccc2)C(=O)NCC(=O)N2CCCC[C@@H]2C(=O)N[C@@H](Cc2c[nH]c3ccccc23)C(=O)N[C@@H](Cc2ccc(O)cc2)C(=O)NCC(=O)N[C@H](C)CSCC(=O)N[C@@H](Cc2cc(F)c(F)c(F)c2)C(=O)N(C)[C@@H](Cc2ccccc2)C(=O)N1C. The van der Waals surface area contributed by atoms with Gasteiger partial charge in [0.05, 0.1) is 18.8 Å². The number of hydrogen-bond donors (Lipinski definition) is 9. The fourth-order valence-corrected chi connectivity index (χ4v) is 16.3. The first-order valence-corrected chi connectivity index (χ1v) is 41.0. The largest absolute Gasteiger partial charge is 0.508 e. The summed E-state index contributed by atoms with van der Waals surface area (Å²) in [6.45, 7) is 5.96. The van der Waals surface area contributed by atoms with Crippen LogP contribution in [0.25, 0.3) is 10.9 Å². The van der Waals surface area contributed by atoms with Crippen molar-refractivity contribution in [1.29, 1.82) is 0 Å². The highest BCUT2D eigenvalue weighted by Gasteiger charge is 2.48. The Morgan fingerprint density at radius 2 is 1.05 bits per heavy atom. The molecule has 13 amide bonds. The summed E-state index contributed by atoms with van der Waals surface area (Å²) in [5, 5.41) is 30.2. The number of carbonyl (C=O) groups is 13. The molecule has 5 heterocycles. The van der Waals surface area contributed by atoms with Crippen molar-refractivity contribution in [1.82, 2.24) is 71.6 Å².